The van der Waals surface area contributed by atoms with Gasteiger partial charge in [-0.3, -0.25) is 4.79 Å². The van der Waals surface area contributed by atoms with Gasteiger partial charge in [-0.1, -0.05) is 18.5 Å². The Hall–Kier alpha value is -1.60. The molecule has 20 heavy (non-hydrogen) atoms. The molecule has 0 aliphatic carbocycles. The lowest BCUT2D eigenvalue weighted by atomic mass is 10.2. The first kappa shape index (κ1) is 16.5. The van der Waals surface area contributed by atoms with Crippen molar-refractivity contribution in [2.75, 3.05) is 12.3 Å². The van der Waals surface area contributed by atoms with E-state index in [2.05, 4.69) is 5.32 Å². The number of carbonyl (C=O) groups is 2. The Balaban J connectivity index is 3.06. The minimum atomic E-state index is -3.98. The molecule has 0 spiro atoms. The maximum atomic E-state index is 12.1. The van der Waals surface area contributed by atoms with E-state index in [1.807, 2.05) is 6.92 Å². The van der Waals surface area contributed by atoms with Gasteiger partial charge in [0.1, 0.15) is 5.75 Å². The zero-order valence-electron chi connectivity index (χ0n) is 10.7. The van der Waals surface area contributed by atoms with Gasteiger partial charge in [-0.2, -0.15) is 0 Å². The molecule has 0 atom stereocenters. The SMILES string of the molecule is CCCNC(=O)CS(=O)(=O)c1cc(C(=O)O)ccc1Cl. The predicted molar refractivity (Wildman–Crippen MR) is 73.8 cm³/mol. The third-order valence-corrected chi connectivity index (χ3v) is 4.50. The fraction of sp³-hybridized carbons (Fsp3) is 0.333. The summed E-state index contributed by atoms with van der Waals surface area (Å²) < 4.78 is 24.1. The minimum absolute atomic E-state index is 0.113. The zero-order chi connectivity index (χ0) is 15.3. The van der Waals surface area contributed by atoms with Crippen LogP contribution in [0.1, 0.15) is 23.7 Å². The molecule has 0 fully saturated rings. The molecule has 0 radical (unpaired) electrons. The lowest BCUT2D eigenvalue weighted by Crippen LogP contribution is -2.31. The van der Waals surface area contributed by atoms with Gasteiger partial charge in [0.05, 0.1) is 15.5 Å². The van der Waals surface area contributed by atoms with Crippen LogP contribution in [0.25, 0.3) is 0 Å². The summed E-state index contributed by atoms with van der Waals surface area (Å²) in [5.41, 5.74) is -0.207. The number of carbonyl (C=O) groups excluding carboxylic acids is 1. The third-order valence-electron chi connectivity index (χ3n) is 2.41. The number of carboxylic acid groups (broad SMARTS) is 1. The molecule has 0 saturated heterocycles. The lowest BCUT2D eigenvalue weighted by Gasteiger charge is -2.08. The Morgan fingerprint density at radius 2 is 2.00 bits per heavy atom. The van der Waals surface area contributed by atoms with Gasteiger partial charge in [-0.15, -0.1) is 0 Å². The molecule has 1 aromatic carbocycles. The number of hydrogen-bond donors (Lipinski definition) is 2. The molecule has 0 aliphatic rings. The summed E-state index contributed by atoms with van der Waals surface area (Å²) in [5, 5.41) is 11.2. The van der Waals surface area contributed by atoms with Crippen LogP contribution in [0.15, 0.2) is 23.1 Å². The van der Waals surface area contributed by atoms with Gasteiger partial charge in [-0.25, -0.2) is 13.2 Å². The molecule has 1 amide bonds. The van der Waals surface area contributed by atoms with E-state index in [9.17, 15) is 18.0 Å². The maximum Gasteiger partial charge on any atom is 0.335 e. The van der Waals surface area contributed by atoms with Crippen LogP contribution in [0.4, 0.5) is 0 Å². The van der Waals surface area contributed by atoms with Crippen molar-refractivity contribution >= 4 is 33.3 Å². The van der Waals surface area contributed by atoms with E-state index in [1.54, 1.807) is 0 Å². The highest BCUT2D eigenvalue weighted by atomic mass is 35.5. The predicted octanol–water partition coefficient (Wildman–Crippen LogP) is 1.34. The Morgan fingerprint density at radius 1 is 1.35 bits per heavy atom. The molecule has 0 aromatic heterocycles. The van der Waals surface area contributed by atoms with E-state index < -0.39 is 27.5 Å². The van der Waals surface area contributed by atoms with E-state index in [-0.39, 0.29) is 15.5 Å². The van der Waals surface area contributed by atoms with E-state index in [4.69, 9.17) is 16.7 Å². The molecule has 0 aliphatic heterocycles. The van der Waals surface area contributed by atoms with Crippen molar-refractivity contribution in [3.63, 3.8) is 0 Å². The minimum Gasteiger partial charge on any atom is -0.478 e. The van der Waals surface area contributed by atoms with Gasteiger partial charge < -0.3 is 10.4 Å². The highest BCUT2D eigenvalue weighted by molar-refractivity contribution is 7.92. The Bertz CT molecular complexity index is 627. The standard InChI is InChI=1S/C12H14ClNO5S/c1-2-5-14-11(15)7-20(18,19)10-6-8(12(16)17)3-4-9(10)13/h3-4,6H,2,5,7H2,1H3,(H,14,15)(H,16,17). The summed E-state index contributed by atoms with van der Waals surface area (Å²) in [7, 11) is -3.98. The van der Waals surface area contributed by atoms with Crippen molar-refractivity contribution in [1.82, 2.24) is 5.32 Å². The first-order valence-corrected chi connectivity index (χ1v) is 7.83. The van der Waals surface area contributed by atoms with Crippen LogP contribution >= 0.6 is 11.6 Å². The quantitative estimate of drug-likeness (QED) is 0.824. The number of amides is 1. The highest BCUT2D eigenvalue weighted by Crippen LogP contribution is 2.23. The van der Waals surface area contributed by atoms with Gasteiger partial charge in [0, 0.05) is 6.54 Å². The zero-order valence-corrected chi connectivity index (χ0v) is 12.3. The fourth-order valence-electron chi connectivity index (χ4n) is 1.44. The van der Waals surface area contributed by atoms with E-state index in [0.717, 1.165) is 6.07 Å². The maximum absolute atomic E-state index is 12.1. The Labute approximate surface area is 121 Å². The molecule has 0 heterocycles. The van der Waals surface area contributed by atoms with Crippen molar-refractivity contribution in [3.8, 4) is 0 Å². The van der Waals surface area contributed by atoms with Gasteiger partial charge in [0.25, 0.3) is 0 Å². The van der Waals surface area contributed by atoms with E-state index >= 15 is 0 Å². The number of carboxylic acids is 1. The molecule has 6 nitrogen and oxygen atoms in total. The number of nitrogens with one attached hydrogen (secondary N) is 1. The summed E-state index contributed by atoms with van der Waals surface area (Å²) >= 11 is 5.77. The molecular formula is C12H14ClNO5S. The molecule has 1 aromatic rings. The largest absolute Gasteiger partial charge is 0.478 e. The molecule has 0 bridgehead atoms. The van der Waals surface area contributed by atoms with Crippen molar-refractivity contribution in [1.29, 1.82) is 0 Å². The van der Waals surface area contributed by atoms with Crippen LogP contribution in [-0.2, 0) is 14.6 Å². The van der Waals surface area contributed by atoms with E-state index in [1.165, 1.54) is 12.1 Å². The smallest absolute Gasteiger partial charge is 0.335 e. The monoisotopic (exact) mass is 319 g/mol. The first-order valence-electron chi connectivity index (χ1n) is 5.80. The molecule has 1 rings (SSSR count). The lowest BCUT2D eigenvalue weighted by molar-refractivity contribution is -0.118. The molecule has 0 unspecified atom stereocenters. The number of rotatable bonds is 6. The van der Waals surface area contributed by atoms with Crippen molar-refractivity contribution in [2.45, 2.75) is 18.2 Å². The molecule has 110 valence electrons. The third kappa shape index (κ3) is 4.21. The van der Waals surface area contributed by atoms with Crippen LogP contribution in [0, 0.1) is 0 Å². The number of halogens is 1. The highest BCUT2D eigenvalue weighted by Gasteiger charge is 2.23. The topological polar surface area (TPSA) is 101 Å². The second-order valence-corrected chi connectivity index (χ2v) is 6.42. The first-order chi connectivity index (χ1) is 9.27. The van der Waals surface area contributed by atoms with Crippen molar-refractivity contribution in [2.24, 2.45) is 0 Å². The second kappa shape index (κ2) is 6.71. The molecular weight excluding hydrogens is 306 g/mol. The van der Waals surface area contributed by atoms with Gasteiger partial charge >= 0.3 is 5.97 Å². The van der Waals surface area contributed by atoms with Gasteiger partial charge in [-0.05, 0) is 24.6 Å². The Kier molecular flexibility index (Phi) is 5.52. The average Bonchev–Trinajstić information content (AvgIpc) is 2.35. The summed E-state index contributed by atoms with van der Waals surface area (Å²) in [4.78, 5) is 22.0. The van der Waals surface area contributed by atoms with Crippen LogP contribution in [0.5, 0.6) is 0 Å². The average molecular weight is 320 g/mol. The normalized spacial score (nSPS) is 11.1. The molecule has 0 saturated carbocycles. The number of benzene rings is 1. The number of hydrogen-bond acceptors (Lipinski definition) is 4. The number of sulfone groups is 1. The van der Waals surface area contributed by atoms with Crippen LogP contribution in [-0.4, -0.2) is 37.7 Å². The molecule has 2 N–H and O–H groups in total. The Morgan fingerprint density at radius 3 is 2.55 bits per heavy atom. The van der Waals surface area contributed by atoms with Crippen LogP contribution in [0.3, 0.4) is 0 Å². The molecule has 8 heteroatoms. The van der Waals surface area contributed by atoms with Crippen molar-refractivity contribution in [3.05, 3.63) is 28.8 Å². The van der Waals surface area contributed by atoms with Gasteiger partial charge in [0.2, 0.25) is 5.91 Å². The second-order valence-electron chi connectivity index (χ2n) is 4.06. The van der Waals surface area contributed by atoms with Crippen LogP contribution in [0.2, 0.25) is 5.02 Å². The van der Waals surface area contributed by atoms with Crippen LogP contribution < -0.4 is 5.32 Å². The fourth-order valence-corrected chi connectivity index (χ4v) is 3.19. The number of aromatic carboxylic acids is 1. The summed E-state index contributed by atoms with van der Waals surface area (Å²) in [5.74, 6) is -2.69. The van der Waals surface area contributed by atoms with Crippen molar-refractivity contribution < 1.29 is 23.1 Å². The van der Waals surface area contributed by atoms with E-state index in [0.29, 0.717) is 13.0 Å². The summed E-state index contributed by atoms with van der Waals surface area (Å²) in [6.07, 6.45) is 0.682. The summed E-state index contributed by atoms with van der Waals surface area (Å²) in [6, 6.07) is 3.33. The summed E-state index contributed by atoms with van der Waals surface area (Å²) in [6.45, 7) is 2.21. The van der Waals surface area contributed by atoms with Gasteiger partial charge in [0.15, 0.2) is 9.84 Å².